The minimum absolute atomic E-state index is 0.0497. The molecule has 7 heteroatoms. The first-order valence-corrected chi connectivity index (χ1v) is 9.24. The van der Waals surface area contributed by atoms with Crippen LogP contribution in [-0.2, 0) is 6.54 Å². The molecule has 2 aromatic heterocycles. The number of halogens is 1. The maximum absolute atomic E-state index is 12.8. The number of rotatable bonds is 5. The van der Waals surface area contributed by atoms with E-state index in [-0.39, 0.29) is 5.69 Å². The van der Waals surface area contributed by atoms with E-state index in [1.807, 2.05) is 18.2 Å². The van der Waals surface area contributed by atoms with Gasteiger partial charge in [-0.3, -0.25) is 9.78 Å². The van der Waals surface area contributed by atoms with Gasteiger partial charge in [-0.2, -0.15) is 0 Å². The first-order chi connectivity index (χ1) is 14.1. The van der Waals surface area contributed by atoms with Crippen LogP contribution in [0.4, 0.5) is 11.4 Å². The number of aromatic nitrogens is 1. The summed E-state index contributed by atoms with van der Waals surface area (Å²) in [6.07, 6.45) is 3.42. The van der Waals surface area contributed by atoms with Gasteiger partial charge in [0.1, 0.15) is 11.3 Å². The lowest BCUT2D eigenvalue weighted by Gasteiger charge is -2.12. The second kappa shape index (κ2) is 8.16. The van der Waals surface area contributed by atoms with E-state index in [1.165, 1.54) is 0 Å². The average molecular weight is 406 g/mol. The van der Waals surface area contributed by atoms with E-state index in [0.29, 0.717) is 33.8 Å². The minimum atomic E-state index is -0.629. The smallest absolute Gasteiger partial charge is 0.360 e. The van der Waals surface area contributed by atoms with Crippen molar-refractivity contribution in [3.05, 3.63) is 99.6 Å². The highest BCUT2D eigenvalue weighted by Gasteiger charge is 2.14. The van der Waals surface area contributed by atoms with E-state index < -0.39 is 11.5 Å². The van der Waals surface area contributed by atoms with Crippen molar-refractivity contribution < 1.29 is 9.21 Å². The largest absolute Gasteiger partial charge is 0.421 e. The maximum Gasteiger partial charge on any atom is 0.360 e. The molecule has 1 amide bonds. The van der Waals surface area contributed by atoms with Gasteiger partial charge in [0.2, 0.25) is 0 Å². The third-order valence-corrected chi connectivity index (χ3v) is 4.58. The quantitative estimate of drug-likeness (QED) is 0.470. The molecule has 0 spiro atoms. The van der Waals surface area contributed by atoms with Crippen molar-refractivity contribution in [2.75, 3.05) is 10.6 Å². The van der Waals surface area contributed by atoms with Gasteiger partial charge in [0.05, 0.1) is 5.56 Å². The average Bonchev–Trinajstić information content (AvgIpc) is 2.74. The molecule has 0 unspecified atom stereocenters. The highest BCUT2D eigenvalue weighted by molar-refractivity contribution is 6.31. The molecule has 2 heterocycles. The summed E-state index contributed by atoms with van der Waals surface area (Å²) in [5.41, 5.74) is 1.91. The van der Waals surface area contributed by atoms with Crippen LogP contribution in [0.15, 0.2) is 82.3 Å². The summed E-state index contributed by atoms with van der Waals surface area (Å²) in [5, 5.41) is 7.01. The monoisotopic (exact) mass is 405 g/mol. The van der Waals surface area contributed by atoms with Crippen LogP contribution in [0.1, 0.15) is 15.9 Å². The lowest BCUT2D eigenvalue weighted by molar-refractivity contribution is 0.102. The van der Waals surface area contributed by atoms with Crippen molar-refractivity contribution in [2.24, 2.45) is 0 Å². The van der Waals surface area contributed by atoms with Gasteiger partial charge in [-0.1, -0.05) is 23.7 Å². The van der Waals surface area contributed by atoms with Crippen molar-refractivity contribution in [3.63, 3.8) is 0 Å². The Kier molecular flexibility index (Phi) is 5.27. The fourth-order valence-corrected chi connectivity index (χ4v) is 3.08. The zero-order valence-corrected chi connectivity index (χ0v) is 15.9. The van der Waals surface area contributed by atoms with Crippen LogP contribution < -0.4 is 16.3 Å². The van der Waals surface area contributed by atoms with Crippen molar-refractivity contribution in [2.45, 2.75) is 6.54 Å². The van der Waals surface area contributed by atoms with E-state index in [0.717, 1.165) is 5.56 Å². The molecule has 0 aliphatic heterocycles. The van der Waals surface area contributed by atoms with Crippen LogP contribution >= 0.6 is 11.6 Å². The number of benzene rings is 2. The standard InChI is InChI=1S/C22H16ClN3O3/c23-16-5-6-20-15(11-16)12-19(22(28)29-20)26-21(27)17-3-1-2-4-18(17)25-13-14-7-9-24-10-8-14/h1-12,25H,13H2,(H,26,27). The molecule has 0 bridgehead atoms. The predicted octanol–water partition coefficient (Wildman–Crippen LogP) is 4.71. The Balaban J connectivity index is 1.58. The maximum atomic E-state index is 12.8. The van der Waals surface area contributed by atoms with Crippen LogP contribution in [0.3, 0.4) is 0 Å². The molecule has 0 radical (unpaired) electrons. The summed E-state index contributed by atoms with van der Waals surface area (Å²) in [5.74, 6) is -0.420. The number of hydrogen-bond acceptors (Lipinski definition) is 5. The topological polar surface area (TPSA) is 84.2 Å². The zero-order chi connectivity index (χ0) is 20.2. The summed E-state index contributed by atoms with van der Waals surface area (Å²) in [4.78, 5) is 29.1. The Labute approximate surface area is 171 Å². The molecular weight excluding hydrogens is 390 g/mol. The summed E-state index contributed by atoms with van der Waals surface area (Å²) < 4.78 is 5.27. The Hall–Kier alpha value is -3.64. The second-order valence-corrected chi connectivity index (χ2v) is 6.77. The molecular formula is C22H16ClN3O3. The van der Waals surface area contributed by atoms with E-state index >= 15 is 0 Å². The van der Waals surface area contributed by atoms with E-state index in [9.17, 15) is 9.59 Å². The third kappa shape index (κ3) is 4.28. The van der Waals surface area contributed by atoms with Crippen LogP contribution in [-0.4, -0.2) is 10.9 Å². The van der Waals surface area contributed by atoms with Crippen LogP contribution in [0.25, 0.3) is 11.0 Å². The lowest BCUT2D eigenvalue weighted by atomic mass is 10.1. The van der Waals surface area contributed by atoms with Gasteiger partial charge in [0.25, 0.3) is 5.91 Å². The van der Waals surface area contributed by atoms with Crippen molar-refractivity contribution in [3.8, 4) is 0 Å². The Morgan fingerprint density at radius 3 is 2.62 bits per heavy atom. The number of nitrogens with one attached hydrogen (secondary N) is 2. The number of carbonyl (C=O) groups excluding carboxylic acids is 1. The molecule has 4 aromatic rings. The van der Waals surface area contributed by atoms with Gasteiger partial charge in [-0.05, 0) is 54.1 Å². The van der Waals surface area contributed by atoms with Gasteiger partial charge in [-0.15, -0.1) is 0 Å². The SMILES string of the molecule is O=C(Nc1cc2cc(Cl)ccc2oc1=O)c1ccccc1NCc1ccncc1. The number of anilines is 2. The van der Waals surface area contributed by atoms with Gasteiger partial charge < -0.3 is 15.1 Å². The highest BCUT2D eigenvalue weighted by atomic mass is 35.5. The molecule has 2 aromatic carbocycles. The molecule has 0 aliphatic carbocycles. The minimum Gasteiger partial charge on any atom is -0.421 e. The van der Waals surface area contributed by atoms with Crippen molar-refractivity contribution in [1.29, 1.82) is 0 Å². The van der Waals surface area contributed by atoms with Gasteiger partial charge >= 0.3 is 5.63 Å². The Bertz CT molecular complexity index is 1240. The molecule has 144 valence electrons. The summed E-state index contributed by atoms with van der Waals surface area (Å²) >= 11 is 6.00. The fourth-order valence-electron chi connectivity index (χ4n) is 2.90. The normalized spacial score (nSPS) is 10.7. The van der Waals surface area contributed by atoms with E-state index in [4.69, 9.17) is 16.0 Å². The van der Waals surface area contributed by atoms with E-state index in [2.05, 4.69) is 15.6 Å². The molecule has 29 heavy (non-hydrogen) atoms. The third-order valence-electron chi connectivity index (χ3n) is 4.35. The summed E-state index contributed by atoms with van der Waals surface area (Å²) in [7, 11) is 0. The zero-order valence-electron chi connectivity index (χ0n) is 15.2. The number of amides is 1. The van der Waals surface area contributed by atoms with Crippen LogP contribution in [0.5, 0.6) is 0 Å². The molecule has 0 saturated carbocycles. The molecule has 4 rings (SSSR count). The fraction of sp³-hybridized carbons (Fsp3) is 0.0455. The van der Waals surface area contributed by atoms with Crippen molar-refractivity contribution >= 4 is 39.9 Å². The van der Waals surface area contributed by atoms with Crippen molar-refractivity contribution in [1.82, 2.24) is 4.98 Å². The number of carbonyl (C=O) groups is 1. The van der Waals surface area contributed by atoms with Gasteiger partial charge in [-0.25, -0.2) is 4.79 Å². The second-order valence-electron chi connectivity index (χ2n) is 6.34. The summed E-state index contributed by atoms with van der Waals surface area (Å²) in [6.45, 7) is 0.531. The predicted molar refractivity (Wildman–Crippen MR) is 113 cm³/mol. The molecule has 0 fully saturated rings. The first kappa shape index (κ1) is 18.7. The first-order valence-electron chi connectivity index (χ1n) is 8.87. The number of pyridine rings is 1. The van der Waals surface area contributed by atoms with Gasteiger partial charge in [0, 0.05) is 35.0 Å². The lowest BCUT2D eigenvalue weighted by Crippen LogP contribution is -2.19. The highest BCUT2D eigenvalue weighted by Crippen LogP contribution is 2.22. The van der Waals surface area contributed by atoms with Crippen LogP contribution in [0.2, 0.25) is 5.02 Å². The Morgan fingerprint density at radius 2 is 1.79 bits per heavy atom. The molecule has 2 N–H and O–H groups in total. The molecule has 0 saturated heterocycles. The number of hydrogen-bond donors (Lipinski definition) is 2. The molecule has 6 nitrogen and oxygen atoms in total. The number of fused-ring (bicyclic) bond motifs is 1. The molecule has 0 atom stereocenters. The number of para-hydroxylation sites is 1. The number of nitrogens with zero attached hydrogens (tertiary/aromatic N) is 1. The molecule has 0 aliphatic rings. The Morgan fingerprint density at radius 1 is 1.00 bits per heavy atom. The van der Waals surface area contributed by atoms with E-state index in [1.54, 1.807) is 54.9 Å². The summed E-state index contributed by atoms with van der Waals surface area (Å²) in [6, 6.07) is 17.3. The van der Waals surface area contributed by atoms with Crippen LogP contribution in [0, 0.1) is 0 Å². The van der Waals surface area contributed by atoms with Gasteiger partial charge in [0.15, 0.2) is 0 Å².